The van der Waals surface area contributed by atoms with E-state index in [1.54, 1.807) is 0 Å². The number of hydrogen-bond donors (Lipinski definition) is 0. The summed E-state index contributed by atoms with van der Waals surface area (Å²) in [6, 6.07) is 15.9. The van der Waals surface area contributed by atoms with Gasteiger partial charge in [-0.15, -0.1) is 0 Å². The van der Waals surface area contributed by atoms with Crippen LogP contribution in [0.4, 0.5) is 0 Å². The summed E-state index contributed by atoms with van der Waals surface area (Å²) in [5, 5.41) is 0. The third-order valence-corrected chi connectivity index (χ3v) is 2.53. The largest absolute Gasteiger partial charge is 0.457 e. The fourth-order valence-electron chi connectivity index (χ4n) is 1.45. The minimum Gasteiger partial charge on any atom is -0.457 e. The number of para-hydroxylation sites is 1. The van der Waals surface area contributed by atoms with E-state index in [1.165, 1.54) is 11.1 Å². The summed E-state index contributed by atoms with van der Waals surface area (Å²) >= 11 is 0. The van der Waals surface area contributed by atoms with E-state index in [2.05, 4.69) is 19.9 Å². The molecule has 76 valence electrons. The quantitative estimate of drug-likeness (QED) is 0.706. The SMILES string of the molecule is Cc1cccc(Oc2ccccc2)c1C. The lowest BCUT2D eigenvalue weighted by Crippen LogP contribution is -1.89. The summed E-state index contributed by atoms with van der Waals surface area (Å²) < 4.78 is 5.79. The van der Waals surface area contributed by atoms with Gasteiger partial charge in [0.05, 0.1) is 0 Å². The van der Waals surface area contributed by atoms with Gasteiger partial charge in [0.25, 0.3) is 0 Å². The smallest absolute Gasteiger partial charge is 0.130 e. The molecule has 0 N–H and O–H groups in total. The van der Waals surface area contributed by atoms with Gasteiger partial charge < -0.3 is 4.74 Å². The van der Waals surface area contributed by atoms with Crippen molar-refractivity contribution in [3.8, 4) is 11.5 Å². The second kappa shape index (κ2) is 4.18. The Bertz CT molecular complexity index is 446. The Morgan fingerprint density at radius 1 is 0.800 bits per heavy atom. The maximum absolute atomic E-state index is 5.79. The molecule has 0 bridgehead atoms. The summed E-state index contributed by atoms with van der Waals surface area (Å²) in [4.78, 5) is 0. The van der Waals surface area contributed by atoms with E-state index in [4.69, 9.17) is 4.74 Å². The zero-order chi connectivity index (χ0) is 10.7. The van der Waals surface area contributed by atoms with Gasteiger partial charge in [0.15, 0.2) is 0 Å². The molecule has 15 heavy (non-hydrogen) atoms. The van der Waals surface area contributed by atoms with E-state index in [-0.39, 0.29) is 0 Å². The first-order valence-electron chi connectivity index (χ1n) is 5.06. The van der Waals surface area contributed by atoms with E-state index >= 15 is 0 Å². The second-order valence-corrected chi connectivity index (χ2v) is 3.61. The molecule has 0 saturated carbocycles. The molecule has 2 aromatic rings. The molecule has 0 atom stereocenters. The van der Waals surface area contributed by atoms with Crippen LogP contribution in [0.1, 0.15) is 11.1 Å². The molecule has 0 aliphatic heterocycles. The van der Waals surface area contributed by atoms with Gasteiger partial charge in [-0.25, -0.2) is 0 Å². The lowest BCUT2D eigenvalue weighted by molar-refractivity contribution is 0.478. The van der Waals surface area contributed by atoms with Crippen molar-refractivity contribution < 1.29 is 4.74 Å². The van der Waals surface area contributed by atoms with Crippen molar-refractivity contribution in [1.82, 2.24) is 0 Å². The monoisotopic (exact) mass is 198 g/mol. The standard InChI is InChI=1S/C14H14O/c1-11-7-6-10-14(12(11)2)15-13-8-4-3-5-9-13/h3-10H,1-2H3. The third-order valence-electron chi connectivity index (χ3n) is 2.53. The molecule has 0 aliphatic carbocycles. The molecule has 0 fully saturated rings. The minimum absolute atomic E-state index is 0.881. The molecule has 0 aliphatic rings. The Kier molecular flexibility index (Phi) is 2.72. The van der Waals surface area contributed by atoms with Crippen LogP contribution in [-0.4, -0.2) is 0 Å². The molecular formula is C14H14O. The van der Waals surface area contributed by atoms with E-state index in [0.717, 1.165) is 11.5 Å². The maximum Gasteiger partial charge on any atom is 0.130 e. The highest BCUT2D eigenvalue weighted by Gasteiger charge is 2.02. The first-order valence-corrected chi connectivity index (χ1v) is 5.06. The molecule has 0 saturated heterocycles. The number of ether oxygens (including phenoxy) is 1. The Morgan fingerprint density at radius 2 is 1.53 bits per heavy atom. The average Bonchev–Trinajstić information content (AvgIpc) is 2.26. The zero-order valence-electron chi connectivity index (χ0n) is 9.03. The molecule has 2 aromatic carbocycles. The van der Waals surface area contributed by atoms with Gasteiger partial charge in [0.1, 0.15) is 11.5 Å². The Balaban J connectivity index is 2.29. The van der Waals surface area contributed by atoms with Crippen molar-refractivity contribution in [3.05, 3.63) is 59.7 Å². The molecule has 0 radical (unpaired) electrons. The molecule has 2 rings (SSSR count). The summed E-state index contributed by atoms with van der Waals surface area (Å²) in [5.74, 6) is 1.81. The van der Waals surface area contributed by atoms with Crippen LogP contribution in [0, 0.1) is 13.8 Å². The molecule has 0 unspecified atom stereocenters. The first-order chi connectivity index (χ1) is 7.27. The molecule has 0 amide bonds. The van der Waals surface area contributed by atoms with Gasteiger partial charge >= 0.3 is 0 Å². The maximum atomic E-state index is 5.79. The zero-order valence-corrected chi connectivity index (χ0v) is 9.03. The van der Waals surface area contributed by atoms with Crippen molar-refractivity contribution in [2.75, 3.05) is 0 Å². The minimum atomic E-state index is 0.881. The highest BCUT2D eigenvalue weighted by Crippen LogP contribution is 2.26. The lowest BCUT2D eigenvalue weighted by Gasteiger charge is -2.09. The number of aryl methyl sites for hydroxylation is 1. The van der Waals surface area contributed by atoms with E-state index < -0.39 is 0 Å². The van der Waals surface area contributed by atoms with Crippen LogP contribution in [0.5, 0.6) is 11.5 Å². The van der Waals surface area contributed by atoms with Crippen LogP contribution in [0.15, 0.2) is 48.5 Å². The number of rotatable bonds is 2. The summed E-state index contributed by atoms with van der Waals surface area (Å²) in [6.07, 6.45) is 0. The van der Waals surface area contributed by atoms with E-state index in [1.807, 2.05) is 42.5 Å². The van der Waals surface area contributed by atoms with Gasteiger partial charge in [0.2, 0.25) is 0 Å². The molecule has 1 heteroatoms. The van der Waals surface area contributed by atoms with Crippen LogP contribution in [0.25, 0.3) is 0 Å². The van der Waals surface area contributed by atoms with Crippen LogP contribution in [0.3, 0.4) is 0 Å². The van der Waals surface area contributed by atoms with Crippen LogP contribution >= 0.6 is 0 Å². The van der Waals surface area contributed by atoms with Crippen molar-refractivity contribution in [2.45, 2.75) is 13.8 Å². The fraction of sp³-hybridized carbons (Fsp3) is 0.143. The van der Waals surface area contributed by atoms with Gasteiger partial charge in [-0.05, 0) is 43.2 Å². The van der Waals surface area contributed by atoms with Crippen molar-refractivity contribution >= 4 is 0 Å². The first kappa shape index (κ1) is 9.78. The lowest BCUT2D eigenvalue weighted by atomic mass is 10.1. The Hall–Kier alpha value is -1.76. The summed E-state index contributed by atoms with van der Waals surface area (Å²) in [5.41, 5.74) is 2.45. The molecule has 0 heterocycles. The predicted octanol–water partition coefficient (Wildman–Crippen LogP) is 4.10. The van der Waals surface area contributed by atoms with E-state index in [9.17, 15) is 0 Å². The number of hydrogen-bond acceptors (Lipinski definition) is 1. The highest BCUT2D eigenvalue weighted by molar-refractivity contribution is 5.41. The summed E-state index contributed by atoms with van der Waals surface area (Å²) in [6.45, 7) is 4.17. The van der Waals surface area contributed by atoms with Crippen molar-refractivity contribution in [2.24, 2.45) is 0 Å². The van der Waals surface area contributed by atoms with Gasteiger partial charge in [-0.1, -0.05) is 30.3 Å². The van der Waals surface area contributed by atoms with E-state index in [0.29, 0.717) is 0 Å². The molecule has 0 aromatic heterocycles. The summed E-state index contributed by atoms with van der Waals surface area (Å²) in [7, 11) is 0. The predicted molar refractivity (Wildman–Crippen MR) is 62.4 cm³/mol. The number of benzene rings is 2. The van der Waals surface area contributed by atoms with Gasteiger partial charge in [0, 0.05) is 0 Å². The average molecular weight is 198 g/mol. The van der Waals surface area contributed by atoms with Crippen LogP contribution < -0.4 is 4.74 Å². The second-order valence-electron chi connectivity index (χ2n) is 3.61. The Labute approximate surface area is 90.3 Å². The third kappa shape index (κ3) is 2.18. The van der Waals surface area contributed by atoms with Crippen LogP contribution in [0.2, 0.25) is 0 Å². The van der Waals surface area contributed by atoms with Gasteiger partial charge in [-0.2, -0.15) is 0 Å². The highest BCUT2D eigenvalue weighted by atomic mass is 16.5. The Morgan fingerprint density at radius 3 is 2.27 bits per heavy atom. The fourth-order valence-corrected chi connectivity index (χ4v) is 1.45. The van der Waals surface area contributed by atoms with Crippen LogP contribution in [-0.2, 0) is 0 Å². The molecule has 0 spiro atoms. The molecule has 1 nitrogen and oxygen atoms in total. The van der Waals surface area contributed by atoms with Gasteiger partial charge in [-0.3, -0.25) is 0 Å². The molecular weight excluding hydrogens is 184 g/mol. The topological polar surface area (TPSA) is 9.23 Å². The normalized spacial score (nSPS) is 10.0. The van der Waals surface area contributed by atoms with Crippen molar-refractivity contribution in [1.29, 1.82) is 0 Å². The van der Waals surface area contributed by atoms with Crippen molar-refractivity contribution in [3.63, 3.8) is 0 Å².